The lowest BCUT2D eigenvalue weighted by Gasteiger charge is -2.47. The van der Waals surface area contributed by atoms with Crippen molar-refractivity contribution in [3.63, 3.8) is 0 Å². The van der Waals surface area contributed by atoms with Crippen molar-refractivity contribution in [2.75, 3.05) is 23.9 Å². The van der Waals surface area contributed by atoms with E-state index in [1.54, 1.807) is 0 Å². The predicted molar refractivity (Wildman–Crippen MR) is 153 cm³/mol. The summed E-state index contributed by atoms with van der Waals surface area (Å²) in [6.45, 7) is 10.5. The number of methoxy groups -OCH3 is 1. The second-order valence-electron chi connectivity index (χ2n) is 11.5. The van der Waals surface area contributed by atoms with Gasteiger partial charge < -0.3 is 19.7 Å². The van der Waals surface area contributed by atoms with E-state index in [-0.39, 0.29) is 29.3 Å². The highest BCUT2D eigenvalue weighted by molar-refractivity contribution is 5.96. The van der Waals surface area contributed by atoms with Crippen molar-refractivity contribution in [2.24, 2.45) is 0 Å². The predicted octanol–water partition coefficient (Wildman–Crippen LogP) is 6.44. The van der Waals surface area contributed by atoms with Crippen molar-refractivity contribution in [2.45, 2.75) is 51.2 Å². The van der Waals surface area contributed by atoms with Crippen LogP contribution in [-0.4, -0.2) is 30.2 Å². The van der Waals surface area contributed by atoms with Crippen LogP contribution in [0.25, 0.3) is 6.08 Å². The number of hydrogen-bond acceptors (Lipinski definition) is 6. The molecule has 2 heterocycles. The van der Waals surface area contributed by atoms with E-state index in [0.717, 1.165) is 22.5 Å². The first-order chi connectivity index (χ1) is 18.4. The van der Waals surface area contributed by atoms with E-state index >= 15 is 0 Å². The fourth-order valence-electron chi connectivity index (χ4n) is 5.70. The van der Waals surface area contributed by atoms with Crippen molar-refractivity contribution >= 4 is 29.0 Å². The van der Waals surface area contributed by atoms with E-state index in [2.05, 4.69) is 39.9 Å². The number of carbonyl (C=O) groups is 1. The molecular weight excluding hydrogens is 494 g/mol. The molecule has 0 aromatic heterocycles. The topological polar surface area (TPSA) is 93.9 Å². The third-order valence-electron chi connectivity index (χ3n) is 7.72. The molecule has 1 spiro atoms. The Kier molecular flexibility index (Phi) is 6.17. The van der Waals surface area contributed by atoms with Gasteiger partial charge in [0.1, 0.15) is 6.54 Å². The number of rotatable bonds is 5. The third kappa shape index (κ3) is 4.20. The SMILES string of the molecule is COc1cc([N+](=O)[O-])cc2c1OC1(C=C2)N(CC(=O)Nc2ccccc2C(C)(C)C)c2ccccc2C1(C)C. The number of fused-ring (bicyclic) bond motifs is 2. The summed E-state index contributed by atoms with van der Waals surface area (Å²) in [6, 6.07) is 18.6. The van der Waals surface area contributed by atoms with E-state index in [1.807, 2.05) is 65.6 Å². The van der Waals surface area contributed by atoms with Crippen molar-refractivity contribution in [3.05, 3.63) is 93.5 Å². The first-order valence-electron chi connectivity index (χ1n) is 12.9. The number of carbonyl (C=O) groups excluding carboxylic acids is 1. The van der Waals surface area contributed by atoms with E-state index in [1.165, 1.54) is 19.2 Å². The summed E-state index contributed by atoms with van der Waals surface area (Å²) in [5.41, 5.74) is 2.37. The maximum atomic E-state index is 13.7. The summed E-state index contributed by atoms with van der Waals surface area (Å²) in [6.07, 6.45) is 3.72. The first-order valence-corrected chi connectivity index (χ1v) is 12.9. The molecule has 3 aromatic rings. The van der Waals surface area contributed by atoms with Gasteiger partial charge in [-0.2, -0.15) is 0 Å². The summed E-state index contributed by atoms with van der Waals surface area (Å²) in [5, 5.41) is 14.6. The lowest BCUT2D eigenvalue weighted by molar-refractivity contribution is -0.385. The standard InChI is InChI=1S/C31H33N3O5/c1-29(2,3)22-11-7-9-13-24(22)32-27(35)19-33-25-14-10-8-12-23(25)30(4,5)31(33)16-15-20-17-21(34(36)37)18-26(38-6)28(20)39-31/h7-18H,19H2,1-6H3,(H,32,35). The Labute approximate surface area is 228 Å². The molecular formula is C31H33N3O5. The van der Waals surface area contributed by atoms with Gasteiger partial charge in [-0.3, -0.25) is 14.9 Å². The van der Waals surface area contributed by atoms with Gasteiger partial charge in [0.15, 0.2) is 11.5 Å². The first kappa shape index (κ1) is 26.3. The fraction of sp³-hybridized carbons (Fsp3) is 0.323. The number of hydrogen-bond donors (Lipinski definition) is 1. The highest BCUT2D eigenvalue weighted by atomic mass is 16.6. The zero-order chi connectivity index (χ0) is 28.2. The van der Waals surface area contributed by atoms with Crippen molar-refractivity contribution in [1.29, 1.82) is 0 Å². The molecule has 202 valence electrons. The van der Waals surface area contributed by atoms with Crippen LogP contribution in [0.2, 0.25) is 0 Å². The van der Waals surface area contributed by atoms with Crippen LogP contribution in [0.15, 0.2) is 66.7 Å². The van der Waals surface area contributed by atoms with E-state index in [0.29, 0.717) is 11.3 Å². The van der Waals surface area contributed by atoms with Gasteiger partial charge in [-0.1, -0.05) is 57.2 Å². The monoisotopic (exact) mass is 527 g/mol. The van der Waals surface area contributed by atoms with Crippen LogP contribution in [0, 0.1) is 10.1 Å². The van der Waals surface area contributed by atoms with Crippen LogP contribution in [-0.2, 0) is 15.6 Å². The molecule has 0 fully saturated rings. The minimum Gasteiger partial charge on any atom is -0.493 e. The number of benzene rings is 3. The number of nitrogens with one attached hydrogen (secondary N) is 1. The van der Waals surface area contributed by atoms with Crippen LogP contribution in [0.3, 0.4) is 0 Å². The van der Waals surface area contributed by atoms with Crippen LogP contribution in [0.4, 0.5) is 17.1 Å². The molecule has 1 unspecified atom stereocenters. The summed E-state index contributed by atoms with van der Waals surface area (Å²) in [4.78, 5) is 26.7. The molecule has 1 N–H and O–H groups in total. The zero-order valence-corrected chi connectivity index (χ0v) is 23.1. The second-order valence-corrected chi connectivity index (χ2v) is 11.5. The minimum atomic E-state index is -1.09. The lowest BCUT2D eigenvalue weighted by Crippen LogP contribution is -2.61. The van der Waals surface area contributed by atoms with Crippen molar-refractivity contribution < 1.29 is 19.2 Å². The Morgan fingerprint density at radius 1 is 1.10 bits per heavy atom. The molecule has 1 atom stereocenters. The molecule has 8 nitrogen and oxygen atoms in total. The Bertz CT molecular complexity index is 1500. The van der Waals surface area contributed by atoms with E-state index < -0.39 is 16.1 Å². The Balaban J connectivity index is 1.57. The van der Waals surface area contributed by atoms with Crippen LogP contribution >= 0.6 is 0 Å². The van der Waals surface area contributed by atoms with Gasteiger partial charge in [-0.05, 0) is 54.7 Å². The van der Waals surface area contributed by atoms with Gasteiger partial charge in [-0.15, -0.1) is 0 Å². The second kappa shape index (κ2) is 9.15. The molecule has 39 heavy (non-hydrogen) atoms. The number of amides is 1. The molecule has 0 radical (unpaired) electrons. The summed E-state index contributed by atoms with van der Waals surface area (Å²) in [7, 11) is 1.46. The fourth-order valence-corrected chi connectivity index (χ4v) is 5.70. The number of para-hydroxylation sites is 2. The van der Waals surface area contributed by atoms with Gasteiger partial charge in [0.2, 0.25) is 11.6 Å². The van der Waals surface area contributed by atoms with Gasteiger partial charge in [0.25, 0.3) is 5.69 Å². The van der Waals surface area contributed by atoms with Gasteiger partial charge >= 0.3 is 0 Å². The lowest BCUT2D eigenvalue weighted by atomic mass is 9.76. The normalized spacial score (nSPS) is 18.8. The van der Waals surface area contributed by atoms with E-state index in [4.69, 9.17) is 9.47 Å². The summed E-state index contributed by atoms with van der Waals surface area (Å²) >= 11 is 0. The number of nitrogens with zero attached hydrogens (tertiary/aromatic N) is 2. The molecule has 3 aromatic carbocycles. The number of nitro groups is 1. The molecule has 8 heteroatoms. The molecule has 2 aliphatic heterocycles. The quantitative estimate of drug-likeness (QED) is 0.303. The van der Waals surface area contributed by atoms with Gasteiger partial charge in [0.05, 0.1) is 23.5 Å². The van der Waals surface area contributed by atoms with Gasteiger partial charge in [0, 0.05) is 23.0 Å². The number of anilines is 2. The van der Waals surface area contributed by atoms with Crippen LogP contribution in [0.1, 0.15) is 51.3 Å². The third-order valence-corrected chi connectivity index (χ3v) is 7.72. The van der Waals surface area contributed by atoms with Crippen LogP contribution in [0.5, 0.6) is 11.5 Å². The van der Waals surface area contributed by atoms with Crippen molar-refractivity contribution in [3.8, 4) is 11.5 Å². The molecule has 1 amide bonds. The highest BCUT2D eigenvalue weighted by Crippen LogP contribution is 2.56. The molecule has 0 bridgehead atoms. The molecule has 2 aliphatic rings. The average Bonchev–Trinajstić information content (AvgIpc) is 3.06. The number of nitro benzene ring substituents is 1. The zero-order valence-electron chi connectivity index (χ0n) is 23.1. The summed E-state index contributed by atoms with van der Waals surface area (Å²) < 4.78 is 12.3. The molecule has 0 aliphatic carbocycles. The average molecular weight is 528 g/mol. The van der Waals surface area contributed by atoms with Gasteiger partial charge in [-0.25, -0.2) is 0 Å². The Morgan fingerprint density at radius 2 is 1.79 bits per heavy atom. The largest absolute Gasteiger partial charge is 0.493 e. The maximum Gasteiger partial charge on any atom is 0.274 e. The smallest absolute Gasteiger partial charge is 0.274 e. The minimum absolute atomic E-state index is 0.0217. The molecule has 0 saturated heterocycles. The Hall–Kier alpha value is -4.33. The molecule has 5 rings (SSSR count). The molecule has 0 saturated carbocycles. The number of ether oxygens (including phenoxy) is 2. The van der Waals surface area contributed by atoms with E-state index in [9.17, 15) is 14.9 Å². The van der Waals surface area contributed by atoms with Crippen molar-refractivity contribution in [1.82, 2.24) is 0 Å². The van der Waals surface area contributed by atoms with Crippen LogP contribution < -0.4 is 19.7 Å². The summed E-state index contributed by atoms with van der Waals surface area (Å²) in [5.74, 6) is 0.477. The Morgan fingerprint density at radius 3 is 2.49 bits per heavy atom. The number of non-ortho nitro benzene ring substituents is 1. The highest BCUT2D eigenvalue weighted by Gasteiger charge is 2.59. The maximum absolute atomic E-state index is 13.7.